The van der Waals surface area contributed by atoms with Crippen LogP contribution in [0.4, 0.5) is 11.5 Å². The maximum absolute atomic E-state index is 12.1. The summed E-state index contributed by atoms with van der Waals surface area (Å²) in [5.41, 5.74) is 1.46. The molecule has 0 atom stereocenters. The Morgan fingerprint density at radius 1 is 1.35 bits per heavy atom. The summed E-state index contributed by atoms with van der Waals surface area (Å²) in [7, 11) is 1.71. The Labute approximate surface area is 115 Å². The second-order valence-electron chi connectivity index (χ2n) is 4.51. The molecule has 20 heavy (non-hydrogen) atoms. The second-order valence-corrected chi connectivity index (χ2v) is 4.51. The van der Waals surface area contributed by atoms with Crippen LogP contribution in [0.2, 0.25) is 0 Å². The quantitative estimate of drug-likeness (QED) is 0.686. The lowest BCUT2D eigenvalue weighted by Crippen LogP contribution is -2.14. The Balaban J connectivity index is 2.28. The largest absolute Gasteiger partial charge is 0.307 e. The number of rotatable bonds is 3. The molecule has 1 N–H and O–H groups in total. The van der Waals surface area contributed by atoms with E-state index in [9.17, 15) is 14.9 Å². The average Bonchev–Trinajstić information content (AvgIpc) is 2.67. The normalized spacial score (nSPS) is 10.3. The van der Waals surface area contributed by atoms with Crippen LogP contribution in [0.1, 0.15) is 21.6 Å². The number of hydrogen-bond acceptors (Lipinski definition) is 4. The predicted molar refractivity (Wildman–Crippen MR) is 73.7 cm³/mol. The van der Waals surface area contributed by atoms with E-state index in [2.05, 4.69) is 10.4 Å². The summed E-state index contributed by atoms with van der Waals surface area (Å²) in [4.78, 5) is 22.5. The third-order valence-electron chi connectivity index (χ3n) is 2.91. The van der Waals surface area contributed by atoms with Crippen molar-refractivity contribution in [2.75, 3.05) is 5.32 Å². The highest BCUT2D eigenvalue weighted by Gasteiger charge is 2.16. The van der Waals surface area contributed by atoms with Gasteiger partial charge in [-0.3, -0.25) is 19.6 Å². The first-order valence-corrected chi connectivity index (χ1v) is 5.95. The van der Waals surface area contributed by atoms with E-state index in [1.165, 1.54) is 10.7 Å². The van der Waals surface area contributed by atoms with Gasteiger partial charge in [-0.15, -0.1) is 0 Å². The Kier molecular flexibility index (Phi) is 3.51. The average molecular weight is 274 g/mol. The second kappa shape index (κ2) is 5.12. The maximum Gasteiger partial charge on any atom is 0.273 e. The van der Waals surface area contributed by atoms with Gasteiger partial charge in [0.1, 0.15) is 5.82 Å². The summed E-state index contributed by atoms with van der Waals surface area (Å²) in [5.74, 6) is 0.131. The molecule has 0 aliphatic heterocycles. The van der Waals surface area contributed by atoms with E-state index < -0.39 is 10.8 Å². The van der Waals surface area contributed by atoms with Crippen molar-refractivity contribution in [3.63, 3.8) is 0 Å². The molecule has 0 fully saturated rings. The minimum absolute atomic E-state index is 0.0705. The zero-order chi connectivity index (χ0) is 14.9. The Morgan fingerprint density at radius 2 is 2.05 bits per heavy atom. The number of nitro benzene ring substituents is 1. The molecule has 0 aliphatic rings. The third-order valence-corrected chi connectivity index (χ3v) is 2.91. The number of aromatic nitrogens is 2. The fraction of sp³-hybridized carbons (Fsp3) is 0.231. The van der Waals surface area contributed by atoms with Crippen molar-refractivity contribution in [1.29, 1.82) is 0 Å². The molecule has 0 bridgehead atoms. The molecular formula is C13H14N4O3. The van der Waals surface area contributed by atoms with Crippen LogP contribution in [-0.2, 0) is 7.05 Å². The molecule has 1 heterocycles. The number of nitrogens with one attached hydrogen (secondary N) is 1. The van der Waals surface area contributed by atoms with Crippen LogP contribution < -0.4 is 5.32 Å². The van der Waals surface area contributed by atoms with E-state index in [0.717, 1.165) is 5.69 Å². The molecule has 0 unspecified atom stereocenters. The Hall–Kier alpha value is -2.70. The van der Waals surface area contributed by atoms with Crippen molar-refractivity contribution in [2.45, 2.75) is 13.8 Å². The van der Waals surface area contributed by atoms with Gasteiger partial charge >= 0.3 is 0 Å². The number of aryl methyl sites for hydroxylation is 3. The van der Waals surface area contributed by atoms with Crippen molar-refractivity contribution in [2.24, 2.45) is 7.05 Å². The van der Waals surface area contributed by atoms with Crippen molar-refractivity contribution >= 4 is 17.4 Å². The summed E-state index contributed by atoms with van der Waals surface area (Å²) in [5, 5.41) is 17.7. The zero-order valence-corrected chi connectivity index (χ0v) is 11.4. The fourth-order valence-corrected chi connectivity index (χ4v) is 1.86. The lowest BCUT2D eigenvalue weighted by molar-refractivity contribution is -0.385. The van der Waals surface area contributed by atoms with Gasteiger partial charge in [0.25, 0.3) is 11.6 Å². The van der Waals surface area contributed by atoms with Gasteiger partial charge in [0, 0.05) is 30.3 Å². The first-order valence-electron chi connectivity index (χ1n) is 5.95. The maximum atomic E-state index is 12.1. The van der Waals surface area contributed by atoms with Crippen molar-refractivity contribution < 1.29 is 9.72 Å². The summed E-state index contributed by atoms with van der Waals surface area (Å²) in [6.45, 7) is 3.44. The van der Waals surface area contributed by atoms with Crippen LogP contribution in [-0.4, -0.2) is 20.6 Å². The fourth-order valence-electron chi connectivity index (χ4n) is 1.86. The number of nitro groups is 1. The van der Waals surface area contributed by atoms with Crippen LogP contribution in [0, 0.1) is 24.0 Å². The highest BCUT2D eigenvalue weighted by molar-refractivity contribution is 6.04. The van der Waals surface area contributed by atoms with Gasteiger partial charge in [-0.1, -0.05) is 6.07 Å². The van der Waals surface area contributed by atoms with Crippen molar-refractivity contribution in [3.8, 4) is 0 Å². The molecule has 1 aromatic carbocycles. The van der Waals surface area contributed by atoms with E-state index in [-0.39, 0.29) is 11.3 Å². The molecule has 0 saturated heterocycles. The highest BCUT2D eigenvalue weighted by atomic mass is 16.6. The summed E-state index contributed by atoms with van der Waals surface area (Å²) in [6, 6.07) is 6.11. The molecule has 7 heteroatoms. The van der Waals surface area contributed by atoms with Crippen LogP contribution in [0.3, 0.4) is 0 Å². The lowest BCUT2D eigenvalue weighted by atomic mass is 10.1. The predicted octanol–water partition coefficient (Wildman–Crippen LogP) is 2.20. The first kappa shape index (κ1) is 13.7. The highest BCUT2D eigenvalue weighted by Crippen LogP contribution is 2.20. The Bertz CT molecular complexity index is 691. The molecule has 1 aromatic heterocycles. The molecule has 0 saturated carbocycles. The number of benzene rings is 1. The molecule has 0 aliphatic carbocycles. The van der Waals surface area contributed by atoms with Crippen LogP contribution in [0.25, 0.3) is 0 Å². The summed E-state index contributed by atoms with van der Waals surface area (Å²) in [6.07, 6.45) is 0. The van der Waals surface area contributed by atoms with Gasteiger partial charge in [-0.2, -0.15) is 5.10 Å². The molecule has 7 nitrogen and oxygen atoms in total. The Morgan fingerprint density at radius 3 is 2.60 bits per heavy atom. The number of carbonyl (C=O) groups excluding carboxylic acids is 1. The number of nitrogens with zero attached hydrogens (tertiary/aromatic N) is 3. The topological polar surface area (TPSA) is 90.1 Å². The van der Waals surface area contributed by atoms with Gasteiger partial charge in [0.05, 0.1) is 10.6 Å². The van der Waals surface area contributed by atoms with Gasteiger partial charge in [0.15, 0.2) is 0 Å². The van der Waals surface area contributed by atoms with E-state index in [0.29, 0.717) is 11.4 Å². The lowest BCUT2D eigenvalue weighted by Gasteiger charge is -2.06. The zero-order valence-electron chi connectivity index (χ0n) is 11.4. The van der Waals surface area contributed by atoms with Crippen molar-refractivity contribution in [3.05, 3.63) is 51.2 Å². The van der Waals surface area contributed by atoms with Gasteiger partial charge in [-0.05, 0) is 19.9 Å². The van der Waals surface area contributed by atoms with Crippen LogP contribution in [0.15, 0.2) is 24.3 Å². The number of carbonyl (C=O) groups is 1. The van der Waals surface area contributed by atoms with E-state index in [4.69, 9.17) is 0 Å². The van der Waals surface area contributed by atoms with Crippen LogP contribution >= 0.6 is 0 Å². The molecule has 0 spiro atoms. The van der Waals surface area contributed by atoms with Crippen LogP contribution in [0.5, 0.6) is 0 Å². The minimum Gasteiger partial charge on any atom is -0.307 e. The van der Waals surface area contributed by atoms with Gasteiger partial charge in [0.2, 0.25) is 0 Å². The minimum atomic E-state index is -0.500. The van der Waals surface area contributed by atoms with E-state index in [1.54, 1.807) is 32.2 Å². The molecule has 2 rings (SSSR count). The smallest absolute Gasteiger partial charge is 0.273 e. The monoisotopic (exact) mass is 274 g/mol. The molecule has 1 amide bonds. The van der Waals surface area contributed by atoms with Gasteiger partial charge < -0.3 is 5.32 Å². The first-order chi connectivity index (χ1) is 9.38. The van der Waals surface area contributed by atoms with E-state index in [1.807, 2.05) is 6.92 Å². The number of anilines is 1. The number of amides is 1. The van der Waals surface area contributed by atoms with Crippen molar-refractivity contribution in [1.82, 2.24) is 9.78 Å². The SMILES string of the molecule is Cc1cc(NC(=O)c2ccc(C)c([N+](=O)[O-])c2)n(C)n1. The molecular weight excluding hydrogens is 260 g/mol. The van der Waals surface area contributed by atoms with Gasteiger partial charge in [-0.25, -0.2) is 0 Å². The summed E-state index contributed by atoms with van der Waals surface area (Å²) < 4.78 is 1.54. The molecule has 104 valence electrons. The standard InChI is InChI=1S/C13H14N4O3/c1-8-4-5-10(7-11(8)17(19)20)13(18)14-12-6-9(2)15-16(12)3/h4-7H,1-3H3,(H,14,18). The molecule has 2 aromatic rings. The molecule has 0 radical (unpaired) electrons. The summed E-state index contributed by atoms with van der Waals surface area (Å²) >= 11 is 0. The van der Waals surface area contributed by atoms with E-state index >= 15 is 0 Å². The third kappa shape index (κ3) is 2.66. The number of hydrogen-bond donors (Lipinski definition) is 1.